The predicted octanol–water partition coefficient (Wildman–Crippen LogP) is 7.73. The summed E-state index contributed by atoms with van der Waals surface area (Å²) in [6, 6.07) is 16.7. The van der Waals surface area contributed by atoms with Crippen LogP contribution in [0.1, 0.15) is 25.0 Å². The normalized spacial score (nSPS) is 15.7. The number of likely N-dealkylation sites (N-methyl/N-ethyl adjacent to an activating group) is 1. The monoisotopic (exact) mass is 544 g/mol. The molecule has 4 rings (SSSR count). The molecular formula is C27H23Cl2FN2O3S. The van der Waals surface area contributed by atoms with E-state index in [0.717, 1.165) is 5.56 Å². The fraction of sp³-hybridized carbons (Fsp3) is 0.185. The molecule has 0 N–H and O–H groups in total. The van der Waals surface area contributed by atoms with Crippen LogP contribution >= 0.6 is 35.0 Å². The van der Waals surface area contributed by atoms with Crippen LogP contribution in [0.2, 0.25) is 10.0 Å². The van der Waals surface area contributed by atoms with Gasteiger partial charge in [0.15, 0.2) is 16.7 Å². The van der Waals surface area contributed by atoms with Gasteiger partial charge >= 0.3 is 0 Å². The molecule has 0 spiro atoms. The molecule has 9 heteroatoms. The van der Waals surface area contributed by atoms with Crippen LogP contribution in [0.5, 0.6) is 11.5 Å². The van der Waals surface area contributed by atoms with E-state index >= 15 is 0 Å². The molecule has 0 saturated carbocycles. The number of thioether (sulfide) groups is 1. The summed E-state index contributed by atoms with van der Waals surface area (Å²) < 4.78 is 25.0. The van der Waals surface area contributed by atoms with Gasteiger partial charge in [-0.3, -0.25) is 9.69 Å². The van der Waals surface area contributed by atoms with Gasteiger partial charge in [0.2, 0.25) is 0 Å². The summed E-state index contributed by atoms with van der Waals surface area (Å²) >= 11 is 14.1. The Hall–Kier alpha value is -3.00. The maximum atomic E-state index is 13.2. The van der Waals surface area contributed by atoms with Crippen LogP contribution in [-0.4, -0.2) is 29.1 Å². The van der Waals surface area contributed by atoms with E-state index in [1.54, 1.807) is 41.3 Å². The molecule has 0 aromatic heterocycles. The molecule has 3 aromatic rings. The van der Waals surface area contributed by atoms with Gasteiger partial charge in [0.1, 0.15) is 12.4 Å². The molecule has 36 heavy (non-hydrogen) atoms. The lowest BCUT2D eigenvalue weighted by atomic mass is 10.1. The number of nitrogens with zero attached hydrogens (tertiary/aromatic N) is 2. The Morgan fingerprint density at radius 3 is 2.47 bits per heavy atom. The third kappa shape index (κ3) is 6.03. The lowest BCUT2D eigenvalue weighted by molar-refractivity contribution is -0.122. The molecular weight excluding hydrogens is 522 g/mol. The van der Waals surface area contributed by atoms with Crippen molar-refractivity contribution in [2.24, 2.45) is 4.99 Å². The van der Waals surface area contributed by atoms with Crippen LogP contribution in [0.3, 0.4) is 0 Å². The van der Waals surface area contributed by atoms with Crippen molar-refractivity contribution in [1.82, 2.24) is 4.90 Å². The second-order valence-corrected chi connectivity index (χ2v) is 9.50. The average molecular weight is 545 g/mol. The highest BCUT2D eigenvalue weighted by Crippen LogP contribution is 2.40. The Labute approximate surface area is 223 Å². The number of halogens is 3. The quantitative estimate of drug-likeness (QED) is 0.272. The van der Waals surface area contributed by atoms with Crippen molar-refractivity contribution in [3.05, 3.63) is 92.6 Å². The molecule has 0 bridgehead atoms. The molecule has 1 aliphatic heterocycles. The molecule has 0 aliphatic carbocycles. The van der Waals surface area contributed by atoms with Crippen molar-refractivity contribution >= 4 is 57.8 Å². The van der Waals surface area contributed by atoms with E-state index < -0.39 is 0 Å². The minimum atomic E-state index is -0.344. The topological polar surface area (TPSA) is 51.1 Å². The van der Waals surface area contributed by atoms with Crippen LogP contribution in [-0.2, 0) is 11.4 Å². The first-order valence-electron chi connectivity index (χ1n) is 11.3. The van der Waals surface area contributed by atoms with E-state index in [9.17, 15) is 9.18 Å². The fourth-order valence-electron chi connectivity index (χ4n) is 3.49. The Balaban J connectivity index is 1.61. The first-order valence-corrected chi connectivity index (χ1v) is 12.8. The lowest BCUT2D eigenvalue weighted by Gasteiger charge is -2.15. The van der Waals surface area contributed by atoms with Gasteiger partial charge in [-0.1, -0.05) is 41.4 Å². The zero-order valence-electron chi connectivity index (χ0n) is 19.6. The van der Waals surface area contributed by atoms with Crippen molar-refractivity contribution in [2.45, 2.75) is 20.5 Å². The van der Waals surface area contributed by atoms with Crippen molar-refractivity contribution < 1.29 is 18.7 Å². The van der Waals surface area contributed by atoms with Gasteiger partial charge in [-0.25, -0.2) is 9.38 Å². The number of benzene rings is 3. The second kappa shape index (κ2) is 11.8. The van der Waals surface area contributed by atoms with Crippen LogP contribution in [0.4, 0.5) is 10.1 Å². The smallest absolute Gasteiger partial charge is 0.266 e. The summed E-state index contributed by atoms with van der Waals surface area (Å²) in [6.45, 7) is 4.82. The van der Waals surface area contributed by atoms with Gasteiger partial charge in [0.25, 0.3) is 5.91 Å². The van der Waals surface area contributed by atoms with Crippen molar-refractivity contribution in [1.29, 1.82) is 0 Å². The van der Waals surface area contributed by atoms with E-state index in [2.05, 4.69) is 4.99 Å². The van der Waals surface area contributed by atoms with Gasteiger partial charge in [0, 0.05) is 17.1 Å². The molecule has 0 radical (unpaired) electrons. The highest BCUT2D eigenvalue weighted by Gasteiger charge is 2.32. The van der Waals surface area contributed by atoms with E-state index in [0.29, 0.717) is 56.0 Å². The molecule has 0 atom stereocenters. The summed E-state index contributed by atoms with van der Waals surface area (Å²) in [5.74, 6) is 0.353. The maximum Gasteiger partial charge on any atom is 0.266 e. The number of hydrogen-bond donors (Lipinski definition) is 0. The Bertz CT molecular complexity index is 1330. The van der Waals surface area contributed by atoms with Crippen LogP contribution in [0, 0.1) is 5.82 Å². The standard InChI is InChI=1S/C27H23Cl2FN2O3S/c1-3-32-26(33)24(36-27(32)31-20-11-9-19(30)10-12-20)15-17-13-22(29)25(23(14-17)34-4-2)35-16-18-7-5-6-8-21(18)28/h5-15H,3-4,16H2,1-2H3/b24-15+,31-27?. The lowest BCUT2D eigenvalue weighted by Crippen LogP contribution is -2.28. The summed E-state index contributed by atoms with van der Waals surface area (Å²) in [7, 11) is 0. The molecule has 0 unspecified atom stereocenters. The minimum Gasteiger partial charge on any atom is -0.490 e. The summed E-state index contributed by atoms with van der Waals surface area (Å²) in [6.07, 6.45) is 1.75. The third-order valence-electron chi connectivity index (χ3n) is 5.21. The molecule has 1 heterocycles. The fourth-order valence-corrected chi connectivity index (χ4v) is 5.01. The van der Waals surface area contributed by atoms with Crippen molar-refractivity contribution in [3.8, 4) is 11.5 Å². The average Bonchev–Trinajstić information content (AvgIpc) is 3.14. The zero-order chi connectivity index (χ0) is 25.7. The highest BCUT2D eigenvalue weighted by atomic mass is 35.5. The van der Waals surface area contributed by atoms with Crippen molar-refractivity contribution in [2.75, 3.05) is 13.2 Å². The van der Waals surface area contributed by atoms with Crippen LogP contribution in [0.25, 0.3) is 6.08 Å². The molecule has 3 aromatic carbocycles. The first-order chi connectivity index (χ1) is 17.4. The molecule has 5 nitrogen and oxygen atoms in total. The van der Waals surface area contributed by atoms with Gasteiger partial charge < -0.3 is 9.47 Å². The number of amidine groups is 1. The number of rotatable bonds is 8. The predicted molar refractivity (Wildman–Crippen MR) is 145 cm³/mol. The summed E-state index contributed by atoms with van der Waals surface area (Å²) in [5, 5.41) is 1.47. The van der Waals surface area contributed by atoms with Crippen LogP contribution in [0.15, 0.2) is 70.6 Å². The zero-order valence-corrected chi connectivity index (χ0v) is 22.0. The first kappa shape index (κ1) is 26.1. The molecule has 1 amide bonds. The maximum absolute atomic E-state index is 13.2. The molecule has 1 aliphatic rings. The van der Waals surface area contributed by atoms with Crippen molar-refractivity contribution in [3.63, 3.8) is 0 Å². The number of carbonyl (C=O) groups is 1. The number of aliphatic imine (C=N–C) groups is 1. The SMILES string of the molecule is CCOc1cc(/C=C2/SC(=Nc3ccc(F)cc3)N(CC)C2=O)cc(Cl)c1OCc1ccccc1Cl. The molecule has 1 saturated heterocycles. The minimum absolute atomic E-state index is 0.170. The van der Waals surface area contributed by atoms with Gasteiger partial charge in [-0.2, -0.15) is 0 Å². The Morgan fingerprint density at radius 2 is 1.78 bits per heavy atom. The van der Waals surface area contributed by atoms with Gasteiger partial charge in [0.05, 0.1) is 22.2 Å². The van der Waals surface area contributed by atoms with Gasteiger partial charge in [-0.15, -0.1) is 0 Å². The number of carbonyl (C=O) groups excluding carboxylic acids is 1. The number of ether oxygens (including phenoxy) is 2. The van der Waals surface area contributed by atoms with Gasteiger partial charge in [-0.05, 0) is 79.7 Å². The van der Waals surface area contributed by atoms with Crippen LogP contribution < -0.4 is 9.47 Å². The van der Waals surface area contributed by atoms with E-state index in [1.165, 1.54) is 23.9 Å². The van der Waals surface area contributed by atoms with E-state index in [-0.39, 0.29) is 18.3 Å². The highest BCUT2D eigenvalue weighted by molar-refractivity contribution is 8.18. The Kier molecular flexibility index (Phi) is 8.56. The molecule has 186 valence electrons. The largest absolute Gasteiger partial charge is 0.490 e. The summed E-state index contributed by atoms with van der Waals surface area (Å²) in [5.41, 5.74) is 2.07. The third-order valence-corrected chi connectivity index (χ3v) is 6.87. The Morgan fingerprint density at radius 1 is 1.03 bits per heavy atom. The second-order valence-electron chi connectivity index (χ2n) is 7.67. The van der Waals surface area contributed by atoms with E-state index in [1.807, 2.05) is 32.0 Å². The molecule has 1 fully saturated rings. The number of hydrogen-bond acceptors (Lipinski definition) is 5. The number of amides is 1. The van der Waals surface area contributed by atoms with E-state index in [4.69, 9.17) is 32.7 Å². The summed E-state index contributed by atoms with van der Waals surface area (Å²) in [4.78, 5) is 19.6.